The van der Waals surface area contributed by atoms with Crippen LogP contribution in [0.5, 0.6) is 5.75 Å². The molecule has 0 saturated heterocycles. The summed E-state index contributed by atoms with van der Waals surface area (Å²) in [6.45, 7) is 3.78. The van der Waals surface area contributed by atoms with Crippen molar-refractivity contribution in [3.8, 4) is 5.75 Å². The van der Waals surface area contributed by atoms with Gasteiger partial charge in [0.1, 0.15) is 22.5 Å². The summed E-state index contributed by atoms with van der Waals surface area (Å²) < 4.78 is 11.7. The van der Waals surface area contributed by atoms with Crippen LogP contribution in [0.2, 0.25) is 0 Å². The van der Waals surface area contributed by atoms with Crippen LogP contribution in [0.1, 0.15) is 39.2 Å². The molecule has 0 fully saturated rings. The Balaban J connectivity index is 1.69. The minimum atomic E-state index is -0.120. The standard InChI is InChI=1S/C22H20O4/c1-13-6-8-15(9-7-13)17(23)12-25-19-10-14(2)11-20-21(19)22(24)16-4-3-5-18(16)26-20/h6-11H,3-5,12H2,1-2H3. The molecular weight excluding hydrogens is 328 g/mol. The predicted molar refractivity (Wildman–Crippen MR) is 100 cm³/mol. The van der Waals surface area contributed by atoms with Crippen molar-refractivity contribution in [2.75, 3.05) is 6.61 Å². The molecule has 0 aliphatic heterocycles. The number of hydrogen-bond donors (Lipinski definition) is 0. The molecule has 1 aliphatic carbocycles. The maximum Gasteiger partial charge on any atom is 0.200 e. The van der Waals surface area contributed by atoms with Gasteiger partial charge in [-0.1, -0.05) is 29.8 Å². The van der Waals surface area contributed by atoms with Gasteiger partial charge in [-0.05, 0) is 44.4 Å². The number of benzene rings is 2. The number of rotatable bonds is 4. The first-order chi connectivity index (χ1) is 12.5. The van der Waals surface area contributed by atoms with E-state index in [1.54, 1.807) is 18.2 Å². The van der Waals surface area contributed by atoms with Crippen LogP contribution < -0.4 is 10.2 Å². The van der Waals surface area contributed by atoms with E-state index in [4.69, 9.17) is 9.15 Å². The van der Waals surface area contributed by atoms with E-state index in [0.717, 1.165) is 41.7 Å². The summed E-state index contributed by atoms with van der Waals surface area (Å²) in [7, 11) is 0. The molecule has 0 saturated carbocycles. The number of aryl methyl sites for hydroxylation is 3. The van der Waals surface area contributed by atoms with Crippen molar-refractivity contribution in [3.05, 3.63) is 74.6 Å². The quantitative estimate of drug-likeness (QED) is 0.664. The first-order valence-corrected chi connectivity index (χ1v) is 8.85. The SMILES string of the molecule is Cc1ccc(C(=O)COc2cc(C)cc3oc4c(c(=O)c23)CCC4)cc1. The largest absolute Gasteiger partial charge is 0.485 e. The highest BCUT2D eigenvalue weighted by atomic mass is 16.5. The zero-order valence-electron chi connectivity index (χ0n) is 14.9. The van der Waals surface area contributed by atoms with Gasteiger partial charge in [-0.25, -0.2) is 0 Å². The molecule has 0 atom stereocenters. The number of carbonyl (C=O) groups is 1. The molecule has 0 N–H and O–H groups in total. The van der Waals surface area contributed by atoms with Crippen LogP contribution >= 0.6 is 0 Å². The Bertz CT molecular complexity index is 1060. The summed E-state index contributed by atoms with van der Waals surface area (Å²) in [5, 5.41) is 0.438. The van der Waals surface area contributed by atoms with Crippen molar-refractivity contribution in [2.45, 2.75) is 33.1 Å². The number of fused-ring (bicyclic) bond motifs is 2. The Kier molecular flexibility index (Phi) is 4.11. The fraction of sp³-hybridized carbons (Fsp3) is 0.273. The zero-order valence-corrected chi connectivity index (χ0v) is 14.9. The van der Waals surface area contributed by atoms with Gasteiger partial charge in [0.15, 0.2) is 17.8 Å². The number of ether oxygens (including phenoxy) is 1. The summed E-state index contributed by atoms with van der Waals surface area (Å²) in [6, 6.07) is 11.0. The lowest BCUT2D eigenvalue weighted by Gasteiger charge is -2.11. The molecule has 4 rings (SSSR count). The van der Waals surface area contributed by atoms with E-state index >= 15 is 0 Å². The highest BCUT2D eigenvalue weighted by molar-refractivity contribution is 5.97. The van der Waals surface area contributed by atoms with Gasteiger partial charge in [-0.2, -0.15) is 0 Å². The molecule has 1 aliphatic rings. The highest BCUT2D eigenvalue weighted by Gasteiger charge is 2.22. The van der Waals surface area contributed by atoms with Crippen LogP contribution in [0.25, 0.3) is 11.0 Å². The van der Waals surface area contributed by atoms with E-state index in [1.165, 1.54) is 0 Å². The first-order valence-electron chi connectivity index (χ1n) is 8.85. The lowest BCUT2D eigenvalue weighted by atomic mass is 10.1. The predicted octanol–water partition coefficient (Wildman–Crippen LogP) is 4.16. The van der Waals surface area contributed by atoms with Crippen molar-refractivity contribution >= 4 is 16.8 Å². The van der Waals surface area contributed by atoms with Gasteiger partial charge >= 0.3 is 0 Å². The average Bonchev–Trinajstić information content (AvgIpc) is 3.08. The fourth-order valence-corrected chi connectivity index (χ4v) is 3.46. The summed E-state index contributed by atoms with van der Waals surface area (Å²) in [5.41, 5.74) is 3.87. The molecule has 26 heavy (non-hydrogen) atoms. The van der Waals surface area contributed by atoms with Gasteiger partial charge in [-0.15, -0.1) is 0 Å². The molecule has 3 aromatic rings. The Morgan fingerprint density at radius 3 is 2.62 bits per heavy atom. The second-order valence-corrected chi connectivity index (χ2v) is 6.90. The summed E-state index contributed by atoms with van der Waals surface area (Å²) >= 11 is 0. The minimum Gasteiger partial charge on any atom is -0.485 e. The maximum atomic E-state index is 12.9. The van der Waals surface area contributed by atoms with Gasteiger partial charge in [0.25, 0.3) is 0 Å². The summed E-state index contributed by atoms with van der Waals surface area (Å²) in [5.74, 6) is 1.09. The molecule has 2 aromatic carbocycles. The maximum absolute atomic E-state index is 12.9. The normalized spacial score (nSPS) is 13.0. The van der Waals surface area contributed by atoms with Crippen LogP contribution in [-0.2, 0) is 12.8 Å². The molecule has 0 amide bonds. The van der Waals surface area contributed by atoms with Crippen LogP contribution in [0.15, 0.2) is 45.6 Å². The molecule has 0 spiro atoms. The fourth-order valence-electron chi connectivity index (χ4n) is 3.46. The molecule has 4 nitrogen and oxygen atoms in total. The van der Waals surface area contributed by atoms with Gasteiger partial charge in [0.2, 0.25) is 0 Å². The Hall–Kier alpha value is -2.88. The molecule has 1 aromatic heterocycles. The third-order valence-corrected chi connectivity index (χ3v) is 4.84. The molecule has 1 heterocycles. The highest BCUT2D eigenvalue weighted by Crippen LogP contribution is 2.30. The Labute approximate surface area is 151 Å². The van der Waals surface area contributed by atoms with Gasteiger partial charge in [0.05, 0.1) is 0 Å². The van der Waals surface area contributed by atoms with Crippen LogP contribution in [0.4, 0.5) is 0 Å². The minimum absolute atomic E-state index is 0.0310. The molecule has 0 unspecified atom stereocenters. The van der Waals surface area contributed by atoms with Crippen LogP contribution in [-0.4, -0.2) is 12.4 Å². The van der Waals surface area contributed by atoms with Crippen molar-refractivity contribution in [1.82, 2.24) is 0 Å². The summed E-state index contributed by atoms with van der Waals surface area (Å²) in [6.07, 6.45) is 2.48. The van der Waals surface area contributed by atoms with E-state index in [0.29, 0.717) is 22.3 Å². The molecule has 0 bridgehead atoms. The second kappa shape index (κ2) is 6.45. The Morgan fingerprint density at radius 2 is 1.85 bits per heavy atom. The molecule has 0 radical (unpaired) electrons. The van der Waals surface area contributed by atoms with Gasteiger partial charge in [-0.3, -0.25) is 9.59 Å². The van der Waals surface area contributed by atoms with Crippen molar-refractivity contribution < 1.29 is 13.9 Å². The van der Waals surface area contributed by atoms with Gasteiger partial charge < -0.3 is 9.15 Å². The van der Waals surface area contributed by atoms with E-state index in [1.807, 2.05) is 32.0 Å². The third-order valence-electron chi connectivity index (χ3n) is 4.84. The van der Waals surface area contributed by atoms with Crippen LogP contribution in [0, 0.1) is 13.8 Å². The smallest absolute Gasteiger partial charge is 0.200 e. The van der Waals surface area contributed by atoms with E-state index in [2.05, 4.69) is 0 Å². The molecule has 4 heteroatoms. The van der Waals surface area contributed by atoms with E-state index < -0.39 is 0 Å². The van der Waals surface area contributed by atoms with Crippen molar-refractivity contribution in [1.29, 1.82) is 0 Å². The number of hydrogen-bond acceptors (Lipinski definition) is 4. The molecule has 132 valence electrons. The van der Waals surface area contributed by atoms with Crippen molar-refractivity contribution in [2.24, 2.45) is 0 Å². The number of carbonyl (C=O) groups excluding carboxylic acids is 1. The second-order valence-electron chi connectivity index (χ2n) is 6.90. The number of Topliss-reactive ketones (excluding diaryl/α,β-unsaturated/α-hetero) is 1. The zero-order chi connectivity index (χ0) is 18.3. The first kappa shape index (κ1) is 16.6. The monoisotopic (exact) mass is 348 g/mol. The third kappa shape index (κ3) is 2.92. The van der Waals surface area contributed by atoms with Gasteiger partial charge in [0, 0.05) is 17.5 Å². The lowest BCUT2D eigenvalue weighted by Crippen LogP contribution is -2.15. The number of ketones is 1. The van der Waals surface area contributed by atoms with E-state index in [-0.39, 0.29) is 17.8 Å². The topological polar surface area (TPSA) is 56.5 Å². The average molecular weight is 348 g/mol. The van der Waals surface area contributed by atoms with Crippen molar-refractivity contribution in [3.63, 3.8) is 0 Å². The molecular formula is C22H20O4. The Morgan fingerprint density at radius 1 is 1.08 bits per heavy atom. The lowest BCUT2D eigenvalue weighted by molar-refractivity contribution is 0.0922. The van der Waals surface area contributed by atoms with E-state index in [9.17, 15) is 9.59 Å². The van der Waals surface area contributed by atoms with Crippen LogP contribution in [0.3, 0.4) is 0 Å². The summed E-state index contributed by atoms with van der Waals surface area (Å²) in [4.78, 5) is 25.3.